The molecule has 0 saturated carbocycles. The van der Waals surface area contributed by atoms with Gasteiger partial charge in [0.05, 0.1) is 23.8 Å². The summed E-state index contributed by atoms with van der Waals surface area (Å²) >= 11 is 0. The number of hydrogen-bond donors (Lipinski definition) is 0. The molecule has 0 aliphatic carbocycles. The number of amides is 1. The summed E-state index contributed by atoms with van der Waals surface area (Å²) in [7, 11) is 2.08. The summed E-state index contributed by atoms with van der Waals surface area (Å²) in [6.45, 7) is 2.33. The van der Waals surface area contributed by atoms with Gasteiger partial charge in [-0.05, 0) is 32.5 Å². The third-order valence-electron chi connectivity index (χ3n) is 4.56. The van der Waals surface area contributed by atoms with Crippen LogP contribution in [0.15, 0.2) is 27.5 Å². The van der Waals surface area contributed by atoms with Crippen molar-refractivity contribution in [2.45, 2.75) is 24.8 Å². The zero-order chi connectivity index (χ0) is 15.1. The van der Waals surface area contributed by atoms with Crippen LogP contribution in [0.25, 0.3) is 0 Å². The summed E-state index contributed by atoms with van der Waals surface area (Å²) < 4.78 is 10.4. The molecule has 2 aliphatic rings. The number of likely N-dealkylation sites (tertiary alicyclic amines) is 2. The van der Waals surface area contributed by atoms with Gasteiger partial charge in [-0.1, -0.05) is 5.16 Å². The summed E-state index contributed by atoms with van der Waals surface area (Å²) in [4.78, 5) is 20.7. The predicted molar refractivity (Wildman–Crippen MR) is 76.3 cm³/mol. The number of aromatic nitrogens is 2. The zero-order valence-electron chi connectivity index (χ0n) is 12.4. The fourth-order valence-electron chi connectivity index (χ4n) is 3.15. The minimum Gasteiger partial charge on any atom is -0.472 e. The SMILES string of the molecule is CN1CCCC1c1nc(C2CN(C(=O)c3ccoc3)C2)no1. The van der Waals surface area contributed by atoms with Crippen LogP contribution in [0, 0.1) is 0 Å². The van der Waals surface area contributed by atoms with E-state index in [1.807, 2.05) is 0 Å². The fourth-order valence-corrected chi connectivity index (χ4v) is 3.15. The van der Waals surface area contributed by atoms with Gasteiger partial charge in [0.15, 0.2) is 5.82 Å². The average Bonchev–Trinajstić information content (AvgIpc) is 3.16. The summed E-state index contributed by atoms with van der Waals surface area (Å²) in [6.07, 6.45) is 5.20. The van der Waals surface area contributed by atoms with E-state index in [9.17, 15) is 4.79 Å². The molecule has 0 radical (unpaired) electrons. The van der Waals surface area contributed by atoms with E-state index in [0.29, 0.717) is 30.4 Å². The van der Waals surface area contributed by atoms with Gasteiger partial charge in [-0.3, -0.25) is 9.69 Å². The number of nitrogens with zero attached hydrogens (tertiary/aromatic N) is 4. The Morgan fingerprint density at radius 2 is 2.27 bits per heavy atom. The Morgan fingerprint density at radius 3 is 2.95 bits per heavy atom. The molecule has 0 aromatic carbocycles. The minimum absolute atomic E-state index is 0.00996. The first-order valence-corrected chi connectivity index (χ1v) is 7.57. The summed E-state index contributed by atoms with van der Waals surface area (Å²) in [5.41, 5.74) is 0.583. The molecule has 116 valence electrons. The second-order valence-corrected chi connectivity index (χ2v) is 6.05. The molecule has 4 rings (SSSR count). The highest BCUT2D eigenvalue weighted by Gasteiger charge is 2.37. The number of carbonyl (C=O) groups is 1. The molecule has 1 amide bonds. The molecule has 7 nitrogen and oxygen atoms in total. The molecule has 2 aromatic rings. The maximum Gasteiger partial charge on any atom is 0.257 e. The molecule has 7 heteroatoms. The van der Waals surface area contributed by atoms with Gasteiger partial charge in [0.2, 0.25) is 5.89 Å². The Hall–Kier alpha value is -2.15. The van der Waals surface area contributed by atoms with E-state index in [-0.39, 0.29) is 17.9 Å². The van der Waals surface area contributed by atoms with Crippen molar-refractivity contribution in [2.75, 3.05) is 26.7 Å². The minimum atomic E-state index is -0.00996. The molecule has 0 N–H and O–H groups in total. The van der Waals surface area contributed by atoms with Crippen LogP contribution in [-0.2, 0) is 0 Å². The van der Waals surface area contributed by atoms with Crippen LogP contribution in [0.1, 0.15) is 46.9 Å². The van der Waals surface area contributed by atoms with E-state index in [1.165, 1.54) is 12.5 Å². The lowest BCUT2D eigenvalue weighted by atomic mass is 9.98. The topological polar surface area (TPSA) is 75.6 Å². The van der Waals surface area contributed by atoms with Crippen LogP contribution < -0.4 is 0 Å². The van der Waals surface area contributed by atoms with Crippen molar-refractivity contribution < 1.29 is 13.7 Å². The van der Waals surface area contributed by atoms with Crippen molar-refractivity contribution in [3.63, 3.8) is 0 Å². The molecule has 2 aliphatic heterocycles. The van der Waals surface area contributed by atoms with E-state index in [0.717, 1.165) is 19.4 Å². The Labute approximate surface area is 127 Å². The van der Waals surface area contributed by atoms with Gasteiger partial charge < -0.3 is 13.8 Å². The van der Waals surface area contributed by atoms with E-state index in [1.54, 1.807) is 11.0 Å². The maximum absolute atomic E-state index is 12.1. The van der Waals surface area contributed by atoms with Crippen LogP contribution in [0.5, 0.6) is 0 Å². The quantitative estimate of drug-likeness (QED) is 0.858. The highest BCUT2D eigenvalue weighted by atomic mass is 16.5. The van der Waals surface area contributed by atoms with Crippen LogP contribution in [-0.4, -0.2) is 52.5 Å². The Balaban J connectivity index is 1.39. The highest BCUT2D eigenvalue weighted by Crippen LogP contribution is 2.32. The Bertz CT molecular complexity index is 660. The normalized spacial score (nSPS) is 23.0. The predicted octanol–water partition coefficient (Wildman–Crippen LogP) is 1.67. The van der Waals surface area contributed by atoms with Gasteiger partial charge in [0.25, 0.3) is 5.91 Å². The molecular formula is C15H18N4O3. The lowest BCUT2D eigenvalue weighted by molar-refractivity contribution is 0.0591. The third kappa shape index (κ3) is 2.21. The van der Waals surface area contributed by atoms with Crippen LogP contribution in [0.2, 0.25) is 0 Å². The van der Waals surface area contributed by atoms with E-state index in [4.69, 9.17) is 8.94 Å². The fraction of sp³-hybridized carbons (Fsp3) is 0.533. The first kappa shape index (κ1) is 13.5. The smallest absolute Gasteiger partial charge is 0.257 e. The average molecular weight is 302 g/mol. The molecule has 0 bridgehead atoms. The van der Waals surface area contributed by atoms with Gasteiger partial charge >= 0.3 is 0 Å². The molecule has 2 saturated heterocycles. The first-order chi connectivity index (χ1) is 10.7. The van der Waals surface area contributed by atoms with Crippen LogP contribution in [0.4, 0.5) is 0 Å². The molecule has 22 heavy (non-hydrogen) atoms. The molecule has 1 unspecified atom stereocenters. The van der Waals surface area contributed by atoms with Gasteiger partial charge in [0.1, 0.15) is 6.26 Å². The molecule has 2 fully saturated rings. The summed E-state index contributed by atoms with van der Waals surface area (Å²) in [6, 6.07) is 1.92. The molecular weight excluding hydrogens is 284 g/mol. The van der Waals surface area contributed by atoms with E-state index < -0.39 is 0 Å². The van der Waals surface area contributed by atoms with Gasteiger partial charge in [-0.25, -0.2) is 0 Å². The van der Waals surface area contributed by atoms with Gasteiger partial charge in [0, 0.05) is 13.1 Å². The number of furan rings is 1. The summed E-state index contributed by atoms with van der Waals surface area (Å²) in [5.74, 6) is 1.57. The largest absolute Gasteiger partial charge is 0.472 e. The van der Waals surface area contributed by atoms with Crippen molar-refractivity contribution in [3.8, 4) is 0 Å². The second-order valence-electron chi connectivity index (χ2n) is 6.05. The van der Waals surface area contributed by atoms with Crippen molar-refractivity contribution in [1.82, 2.24) is 19.9 Å². The van der Waals surface area contributed by atoms with Crippen molar-refractivity contribution in [1.29, 1.82) is 0 Å². The Morgan fingerprint density at radius 1 is 1.41 bits per heavy atom. The van der Waals surface area contributed by atoms with E-state index in [2.05, 4.69) is 22.1 Å². The lowest BCUT2D eigenvalue weighted by Gasteiger charge is -2.37. The number of carbonyl (C=O) groups excluding carboxylic acids is 1. The molecule has 2 aromatic heterocycles. The van der Waals surface area contributed by atoms with Crippen molar-refractivity contribution in [3.05, 3.63) is 35.9 Å². The van der Waals surface area contributed by atoms with Gasteiger partial charge in [-0.2, -0.15) is 4.98 Å². The molecule has 1 atom stereocenters. The number of rotatable bonds is 3. The van der Waals surface area contributed by atoms with Crippen molar-refractivity contribution >= 4 is 5.91 Å². The monoisotopic (exact) mass is 302 g/mol. The van der Waals surface area contributed by atoms with Crippen LogP contribution in [0.3, 0.4) is 0 Å². The summed E-state index contributed by atoms with van der Waals surface area (Å²) in [5, 5.41) is 4.10. The number of hydrogen-bond acceptors (Lipinski definition) is 6. The maximum atomic E-state index is 12.1. The van der Waals surface area contributed by atoms with E-state index >= 15 is 0 Å². The zero-order valence-corrected chi connectivity index (χ0v) is 12.4. The first-order valence-electron chi connectivity index (χ1n) is 7.57. The van der Waals surface area contributed by atoms with Crippen LogP contribution >= 0.6 is 0 Å². The highest BCUT2D eigenvalue weighted by molar-refractivity contribution is 5.94. The third-order valence-corrected chi connectivity index (χ3v) is 4.56. The molecule has 0 spiro atoms. The second kappa shape index (κ2) is 5.24. The Kier molecular flexibility index (Phi) is 3.22. The lowest BCUT2D eigenvalue weighted by Crippen LogP contribution is -2.48. The van der Waals surface area contributed by atoms with Crippen molar-refractivity contribution in [2.24, 2.45) is 0 Å². The standard InChI is InChI=1S/C15H18N4O3/c1-18-5-2-3-12(18)14-16-13(17-22-14)11-7-19(8-11)15(20)10-4-6-21-9-10/h4,6,9,11-12H,2-3,5,7-8H2,1H3. The molecule has 4 heterocycles. The van der Waals surface area contributed by atoms with Gasteiger partial charge in [-0.15, -0.1) is 0 Å².